The lowest BCUT2D eigenvalue weighted by molar-refractivity contribution is 0.335. The molecule has 0 aromatic heterocycles. The van der Waals surface area contributed by atoms with E-state index in [1.165, 1.54) is 29.8 Å². The van der Waals surface area contributed by atoms with Crippen molar-refractivity contribution in [3.63, 3.8) is 0 Å². The topological polar surface area (TPSA) is 12.0 Å². The molecule has 1 nitrogen and oxygen atoms in total. The van der Waals surface area contributed by atoms with Gasteiger partial charge in [0.15, 0.2) is 0 Å². The fourth-order valence-corrected chi connectivity index (χ4v) is 3.51. The van der Waals surface area contributed by atoms with Crippen molar-refractivity contribution in [1.29, 1.82) is 0 Å². The molecule has 0 saturated carbocycles. The summed E-state index contributed by atoms with van der Waals surface area (Å²) in [4.78, 5) is 0. The van der Waals surface area contributed by atoms with E-state index in [0.29, 0.717) is 0 Å². The van der Waals surface area contributed by atoms with E-state index in [1.807, 2.05) is 0 Å². The number of benzene rings is 1. The monoisotopic (exact) mass is 241 g/mol. The number of para-hydroxylation sites is 1. The molecule has 0 bridgehead atoms. The van der Waals surface area contributed by atoms with E-state index in [1.54, 1.807) is 5.57 Å². The van der Waals surface area contributed by atoms with Gasteiger partial charge in [-0.2, -0.15) is 0 Å². The maximum atomic E-state index is 3.69. The van der Waals surface area contributed by atoms with Gasteiger partial charge in [0.2, 0.25) is 0 Å². The van der Waals surface area contributed by atoms with E-state index < -0.39 is 0 Å². The van der Waals surface area contributed by atoms with Crippen LogP contribution in [0.1, 0.15) is 46.1 Å². The van der Waals surface area contributed by atoms with Crippen molar-refractivity contribution in [3.05, 3.63) is 41.1 Å². The Morgan fingerprint density at radius 3 is 2.50 bits per heavy atom. The minimum atomic E-state index is 0.186. The largest absolute Gasteiger partial charge is 0.359 e. The normalized spacial score (nSPS) is 29.3. The van der Waals surface area contributed by atoms with Crippen LogP contribution in [0.3, 0.4) is 0 Å². The van der Waals surface area contributed by atoms with Crippen molar-refractivity contribution in [2.75, 3.05) is 5.32 Å². The van der Waals surface area contributed by atoms with Crippen LogP contribution in [0.15, 0.2) is 35.5 Å². The van der Waals surface area contributed by atoms with Crippen LogP contribution < -0.4 is 5.32 Å². The Kier molecular flexibility index (Phi) is 2.55. The van der Waals surface area contributed by atoms with Crippen LogP contribution in [0.4, 0.5) is 5.69 Å². The van der Waals surface area contributed by atoms with Gasteiger partial charge in [-0.25, -0.2) is 0 Å². The summed E-state index contributed by atoms with van der Waals surface area (Å²) in [6, 6.07) is 8.77. The highest BCUT2D eigenvalue weighted by Gasteiger charge is 2.38. The van der Waals surface area contributed by atoms with Crippen molar-refractivity contribution in [2.24, 2.45) is 11.8 Å². The van der Waals surface area contributed by atoms with Gasteiger partial charge in [0.1, 0.15) is 0 Å². The zero-order valence-corrected chi connectivity index (χ0v) is 11.9. The average molecular weight is 241 g/mol. The lowest BCUT2D eigenvalue weighted by Gasteiger charge is -2.43. The number of hydrogen-bond acceptors (Lipinski definition) is 1. The van der Waals surface area contributed by atoms with Crippen LogP contribution in [-0.2, 0) is 5.41 Å². The Morgan fingerprint density at radius 1 is 1.06 bits per heavy atom. The molecule has 1 aromatic rings. The highest BCUT2D eigenvalue weighted by Crippen LogP contribution is 2.49. The predicted molar refractivity (Wildman–Crippen MR) is 77.7 cm³/mol. The standard InChI is InChI=1S/C17H23N/c1-11-9-14-16(10-12(11)2)18-15-8-6-5-7-13(15)17(14,3)4/h5-8,11-12,18H,9-10H2,1-4H3. The highest BCUT2D eigenvalue weighted by molar-refractivity contribution is 5.65. The van der Waals surface area contributed by atoms with Crippen LogP contribution in [0.2, 0.25) is 0 Å². The van der Waals surface area contributed by atoms with Gasteiger partial charge in [-0.05, 0) is 41.9 Å². The van der Waals surface area contributed by atoms with Gasteiger partial charge in [0.05, 0.1) is 0 Å². The molecule has 1 N–H and O–H groups in total. The Hall–Kier alpha value is -1.24. The molecular formula is C17H23N. The van der Waals surface area contributed by atoms with E-state index in [4.69, 9.17) is 0 Å². The number of nitrogens with one attached hydrogen (secondary N) is 1. The number of hydrogen-bond donors (Lipinski definition) is 1. The molecule has 0 fully saturated rings. The summed E-state index contributed by atoms with van der Waals surface area (Å²) in [6.45, 7) is 9.53. The number of fused-ring (bicyclic) bond motifs is 1. The molecule has 0 saturated heterocycles. The number of allylic oxidation sites excluding steroid dienone is 2. The van der Waals surface area contributed by atoms with Gasteiger partial charge < -0.3 is 5.32 Å². The first-order chi connectivity index (χ1) is 8.50. The zero-order chi connectivity index (χ0) is 12.9. The summed E-state index contributed by atoms with van der Waals surface area (Å²) in [5, 5.41) is 3.69. The molecule has 2 atom stereocenters. The minimum Gasteiger partial charge on any atom is -0.359 e. The van der Waals surface area contributed by atoms with Gasteiger partial charge in [-0.3, -0.25) is 0 Å². The van der Waals surface area contributed by atoms with Gasteiger partial charge >= 0.3 is 0 Å². The Morgan fingerprint density at radius 2 is 1.72 bits per heavy atom. The minimum absolute atomic E-state index is 0.186. The maximum absolute atomic E-state index is 3.69. The summed E-state index contributed by atoms with van der Waals surface area (Å²) in [5.74, 6) is 1.59. The van der Waals surface area contributed by atoms with Gasteiger partial charge in [-0.15, -0.1) is 0 Å². The molecule has 1 heterocycles. The Balaban J connectivity index is 2.11. The zero-order valence-electron chi connectivity index (χ0n) is 11.9. The first kappa shape index (κ1) is 11.8. The van der Waals surface area contributed by atoms with Gasteiger partial charge in [-0.1, -0.05) is 45.9 Å². The van der Waals surface area contributed by atoms with Crippen LogP contribution in [0.5, 0.6) is 0 Å². The van der Waals surface area contributed by atoms with E-state index in [9.17, 15) is 0 Å². The second-order valence-electron chi connectivity index (χ2n) is 6.62. The molecule has 0 amide bonds. The molecule has 96 valence electrons. The smallest absolute Gasteiger partial charge is 0.0423 e. The highest BCUT2D eigenvalue weighted by atomic mass is 14.9. The van der Waals surface area contributed by atoms with E-state index in [0.717, 1.165) is 11.8 Å². The number of rotatable bonds is 0. The Bertz CT molecular complexity index is 510. The van der Waals surface area contributed by atoms with Crippen molar-refractivity contribution in [1.82, 2.24) is 0 Å². The van der Waals surface area contributed by atoms with Crippen molar-refractivity contribution < 1.29 is 0 Å². The third-order valence-electron chi connectivity index (χ3n) is 5.03. The molecule has 1 aliphatic carbocycles. The van der Waals surface area contributed by atoms with Crippen LogP contribution in [-0.4, -0.2) is 0 Å². The fraction of sp³-hybridized carbons (Fsp3) is 0.529. The third kappa shape index (κ3) is 1.60. The molecule has 1 heteroatoms. The molecule has 1 aromatic carbocycles. The SMILES string of the molecule is CC1CC2=C(CC1C)C(C)(C)c1ccccc1N2. The first-order valence-corrected chi connectivity index (χ1v) is 7.09. The molecule has 1 aliphatic heterocycles. The van der Waals surface area contributed by atoms with E-state index >= 15 is 0 Å². The summed E-state index contributed by atoms with van der Waals surface area (Å²) in [6.07, 6.45) is 2.44. The summed E-state index contributed by atoms with van der Waals surface area (Å²) >= 11 is 0. The summed E-state index contributed by atoms with van der Waals surface area (Å²) in [5.41, 5.74) is 6.07. The summed E-state index contributed by atoms with van der Waals surface area (Å²) in [7, 11) is 0. The van der Waals surface area contributed by atoms with Crippen molar-refractivity contribution in [2.45, 2.75) is 46.0 Å². The van der Waals surface area contributed by atoms with Gasteiger partial charge in [0.25, 0.3) is 0 Å². The maximum Gasteiger partial charge on any atom is 0.0423 e. The van der Waals surface area contributed by atoms with Crippen LogP contribution in [0, 0.1) is 11.8 Å². The molecule has 0 spiro atoms. The molecule has 18 heavy (non-hydrogen) atoms. The quantitative estimate of drug-likeness (QED) is 0.693. The third-order valence-corrected chi connectivity index (χ3v) is 5.03. The van der Waals surface area contributed by atoms with Crippen LogP contribution in [0.25, 0.3) is 0 Å². The first-order valence-electron chi connectivity index (χ1n) is 7.09. The predicted octanol–water partition coefficient (Wildman–Crippen LogP) is 4.71. The van der Waals surface area contributed by atoms with Crippen molar-refractivity contribution >= 4 is 5.69 Å². The lowest BCUT2D eigenvalue weighted by Crippen LogP contribution is -2.34. The summed E-state index contributed by atoms with van der Waals surface area (Å²) < 4.78 is 0. The second kappa shape index (κ2) is 3.88. The van der Waals surface area contributed by atoms with Gasteiger partial charge in [0, 0.05) is 16.8 Å². The van der Waals surface area contributed by atoms with Crippen molar-refractivity contribution in [3.8, 4) is 0 Å². The number of anilines is 1. The van der Waals surface area contributed by atoms with E-state index in [2.05, 4.69) is 57.3 Å². The molecule has 2 unspecified atom stereocenters. The van der Waals surface area contributed by atoms with Crippen LogP contribution >= 0.6 is 0 Å². The molecule has 3 rings (SSSR count). The molecular weight excluding hydrogens is 218 g/mol. The average Bonchev–Trinajstić information content (AvgIpc) is 2.33. The molecule has 0 radical (unpaired) electrons. The second-order valence-corrected chi connectivity index (χ2v) is 6.62. The Labute approximate surface area is 110 Å². The molecule has 2 aliphatic rings. The fourth-order valence-electron chi connectivity index (χ4n) is 3.51. The van der Waals surface area contributed by atoms with E-state index in [-0.39, 0.29) is 5.41 Å². The lowest BCUT2D eigenvalue weighted by atomic mass is 9.66.